The quantitative estimate of drug-likeness (QED) is 0.729. The number of alkyl halides is 3. The monoisotopic (exact) mass is 312 g/mol. The first-order valence-electron chi connectivity index (χ1n) is 6.69. The van der Waals surface area contributed by atoms with E-state index in [1.54, 1.807) is 27.7 Å². The summed E-state index contributed by atoms with van der Waals surface area (Å²) in [6, 6.07) is 0. The van der Waals surface area contributed by atoms with E-state index in [0.29, 0.717) is 0 Å². The third-order valence-corrected chi connectivity index (χ3v) is 3.15. The van der Waals surface area contributed by atoms with Gasteiger partial charge in [0.2, 0.25) is 0 Å². The van der Waals surface area contributed by atoms with Gasteiger partial charge in [-0.2, -0.15) is 13.2 Å². The van der Waals surface area contributed by atoms with Crippen molar-refractivity contribution in [2.45, 2.75) is 60.2 Å². The molecule has 0 amide bonds. The molecule has 0 radical (unpaired) electrons. The van der Waals surface area contributed by atoms with Crippen LogP contribution in [0.1, 0.15) is 48.0 Å². The average Bonchev–Trinajstić information content (AvgIpc) is 2.32. The SMILES string of the molecule is CCC(C)(COC(=O)C(C)(C)C)C(=O)OC(C)C(F)(F)F. The van der Waals surface area contributed by atoms with E-state index < -0.39 is 35.0 Å². The first kappa shape index (κ1) is 19.7. The first-order valence-corrected chi connectivity index (χ1v) is 6.69. The van der Waals surface area contributed by atoms with Crippen molar-refractivity contribution in [3.05, 3.63) is 0 Å². The van der Waals surface area contributed by atoms with Gasteiger partial charge in [-0.25, -0.2) is 0 Å². The Morgan fingerprint density at radius 1 is 1.05 bits per heavy atom. The largest absolute Gasteiger partial charge is 0.464 e. The fourth-order valence-electron chi connectivity index (χ4n) is 1.12. The van der Waals surface area contributed by atoms with Gasteiger partial charge in [-0.15, -0.1) is 0 Å². The highest BCUT2D eigenvalue weighted by molar-refractivity contribution is 5.78. The Morgan fingerprint density at radius 2 is 1.52 bits per heavy atom. The lowest BCUT2D eigenvalue weighted by Crippen LogP contribution is -2.41. The number of rotatable bonds is 5. The second kappa shape index (κ2) is 6.66. The van der Waals surface area contributed by atoms with E-state index in [0.717, 1.165) is 6.92 Å². The third-order valence-electron chi connectivity index (χ3n) is 3.15. The fraction of sp³-hybridized carbons (Fsp3) is 0.857. The molecule has 0 aliphatic carbocycles. The molecule has 0 rings (SSSR count). The van der Waals surface area contributed by atoms with Gasteiger partial charge in [0, 0.05) is 0 Å². The molecule has 2 atom stereocenters. The van der Waals surface area contributed by atoms with Gasteiger partial charge in [0.05, 0.1) is 10.8 Å². The Bertz CT molecular complexity index is 385. The number of halogens is 3. The van der Waals surface area contributed by atoms with Crippen LogP contribution in [0.5, 0.6) is 0 Å². The summed E-state index contributed by atoms with van der Waals surface area (Å²) in [6.07, 6.45) is -6.63. The molecule has 2 unspecified atom stereocenters. The first-order chi connectivity index (χ1) is 9.24. The molecule has 0 aliphatic rings. The molecule has 4 nitrogen and oxygen atoms in total. The standard InChI is InChI=1S/C14H23F3O4/c1-7-13(6,8-20-10(18)12(3,4)5)11(19)21-9(2)14(15,16)17/h9H,7-8H2,1-6H3. The zero-order valence-corrected chi connectivity index (χ0v) is 13.3. The summed E-state index contributed by atoms with van der Waals surface area (Å²) in [6.45, 7) is 8.39. The Labute approximate surface area is 123 Å². The van der Waals surface area contributed by atoms with Crippen LogP contribution in [0.2, 0.25) is 0 Å². The van der Waals surface area contributed by atoms with E-state index in [1.807, 2.05) is 0 Å². The highest BCUT2D eigenvalue weighted by atomic mass is 19.4. The number of hydrogen-bond donors (Lipinski definition) is 0. The predicted molar refractivity (Wildman–Crippen MR) is 70.4 cm³/mol. The highest BCUT2D eigenvalue weighted by Gasteiger charge is 2.43. The van der Waals surface area contributed by atoms with Gasteiger partial charge in [-0.05, 0) is 41.0 Å². The van der Waals surface area contributed by atoms with E-state index in [-0.39, 0.29) is 13.0 Å². The summed E-state index contributed by atoms with van der Waals surface area (Å²) >= 11 is 0. The van der Waals surface area contributed by atoms with Gasteiger partial charge in [0.15, 0.2) is 6.10 Å². The van der Waals surface area contributed by atoms with Crippen LogP contribution in [-0.2, 0) is 19.1 Å². The summed E-state index contributed by atoms with van der Waals surface area (Å²) in [5.74, 6) is -1.56. The Hall–Kier alpha value is -1.27. The van der Waals surface area contributed by atoms with Crippen molar-refractivity contribution in [1.29, 1.82) is 0 Å². The zero-order valence-electron chi connectivity index (χ0n) is 13.3. The molecule has 0 spiro atoms. The van der Waals surface area contributed by atoms with Crippen LogP contribution in [0.3, 0.4) is 0 Å². The molecule has 7 heteroatoms. The third kappa shape index (κ3) is 5.93. The van der Waals surface area contributed by atoms with E-state index >= 15 is 0 Å². The lowest BCUT2D eigenvalue weighted by Gasteiger charge is -2.29. The molecule has 0 aliphatic heterocycles. The van der Waals surface area contributed by atoms with Crippen molar-refractivity contribution in [3.63, 3.8) is 0 Å². The van der Waals surface area contributed by atoms with Gasteiger partial charge in [0.25, 0.3) is 0 Å². The van der Waals surface area contributed by atoms with Crippen LogP contribution in [0.15, 0.2) is 0 Å². The van der Waals surface area contributed by atoms with Gasteiger partial charge in [0.1, 0.15) is 6.61 Å². The van der Waals surface area contributed by atoms with Crippen molar-refractivity contribution in [1.82, 2.24) is 0 Å². The van der Waals surface area contributed by atoms with Crippen LogP contribution in [0.4, 0.5) is 13.2 Å². The maximum atomic E-state index is 12.4. The summed E-state index contributed by atoms with van der Waals surface area (Å²) < 4.78 is 46.7. The Balaban J connectivity index is 4.80. The topological polar surface area (TPSA) is 52.6 Å². The summed E-state index contributed by atoms with van der Waals surface area (Å²) in [5.41, 5.74) is -2.06. The summed E-state index contributed by atoms with van der Waals surface area (Å²) in [5, 5.41) is 0. The normalized spacial score (nSPS) is 16.8. The molecular weight excluding hydrogens is 289 g/mol. The Morgan fingerprint density at radius 3 is 1.86 bits per heavy atom. The van der Waals surface area contributed by atoms with Crippen LogP contribution in [0.25, 0.3) is 0 Å². The number of hydrogen-bond acceptors (Lipinski definition) is 4. The lowest BCUT2D eigenvalue weighted by molar-refractivity contribution is -0.223. The molecule has 21 heavy (non-hydrogen) atoms. The molecule has 124 valence electrons. The van der Waals surface area contributed by atoms with Crippen LogP contribution in [0, 0.1) is 10.8 Å². The molecule has 0 saturated heterocycles. The molecule has 0 bridgehead atoms. The molecular formula is C14H23F3O4. The fourth-order valence-corrected chi connectivity index (χ4v) is 1.12. The molecule has 0 saturated carbocycles. The minimum absolute atomic E-state index is 0.188. The van der Waals surface area contributed by atoms with E-state index in [4.69, 9.17) is 4.74 Å². The van der Waals surface area contributed by atoms with Crippen molar-refractivity contribution >= 4 is 11.9 Å². The molecule has 0 fully saturated rings. The predicted octanol–water partition coefficient (Wildman–Crippen LogP) is 3.49. The zero-order chi connectivity index (χ0) is 17.1. The molecule has 0 aromatic heterocycles. The summed E-state index contributed by atoms with van der Waals surface area (Å²) in [4.78, 5) is 23.6. The number of carbonyl (C=O) groups is 2. The van der Waals surface area contributed by atoms with Crippen molar-refractivity contribution in [3.8, 4) is 0 Å². The van der Waals surface area contributed by atoms with E-state index in [1.165, 1.54) is 6.92 Å². The van der Waals surface area contributed by atoms with Gasteiger partial charge < -0.3 is 9.47 Å². The van der Waals surface area contributed by atoms with Crippen LogP contribution >= 0.6 is 0 Å². The smallest absolute Gasteiger partial charge is 0.425 e. The van der Waals surface area contributed by atoms with Crippen LogP contribution < -0.4 is 0 Å². The second-order valence-electron chi connectivity index (χ2n) is 6.33. The van der Waals surface area contributed by atoms with E-state index in [2.05, 4.69) is 4.74 Å². The van der Waals surface area contributed by atoms with Gasteiger partial charge in [-0.1, -0.05) is 6.92 Å². The van der Waals surface area contributed by atoms with Crippen molar-refractivity contribution < 1.29 is 32.2 Å². The average molecular weight is 312 g/mol. The highest BCUT2D eigenvalue weighted by Crippen LogP contribution is 2.29. The Kier molecular flexibility index (Phi) is 6.26. The molecule has 0 aromatic rings. The molecule has 0 aromatic carbocycles. The maximum Gasteiger partial charge on any atom is 0.425 e. The van der Waals surface area contributed by atoms with Crippen LogP contribution in [-0.4, -0.2) is 30.8 Å². The second-order valence-corrected chi connectivity index (χ2v) is 6.33. The molecule has 0 N–H and O–H groups in total. The van der Waals surface area contributed by atoms with E-state index in [9.17, 15) is 22.8 Å². The molecule has 0 heterocycles. The minimum atomic E-state index is -4.62. The van der Waals surface area contributed by atoms with Gasteiger partial charge in [-0.3, -0.25) is 9.59 Å². The van der Waals surface area contributed by atoms with Crippen molar-refractivity contribution in [2.24, 2.45) is 10.8 Å². The minimum Gasteiger partial charge on any atom is -0.464 e. The maximum absolute atomic E-state index is 12.4. The number of ether oxygens (including phenoxy) is 2. The summed E-state index contributed by atoms with van der Waals surface area (Å²) in [7, 11) is 0. The van der Waals surface area contributed by atoms with Crippen molar-refractivity contribution in [2.75, 3.05) is 6.61 Å². The van der Waals surface area contributed by atoms with Gasteiger partial charge >= 0.3 is 18.1 Å². The number of carbonyl (C=O) groups excluding carboxylic acids is 2. The lowest BCUT2D eigenvalue weighted by atomic mass is 9.88. The number of esters is 2.